The van der Waals surface area contributed by atoms with Crippen LogP contribution in [0.2, 0.25) is 5.02 Å². The van der Waals surface area contributed by atoms with E-state index in [0.717, 1.165) is 18.7 Å². The molecule has 3 heterocycles. The number of amides is 1. The lowest BCUT2D eigenvalue weighted by Gasteiger charge is -2.35. The zero-order valence-electron chi connectivity index (χ0n) is 14.6. The van der Waals surface area contributed by atoms with Crippen molar-refractivity contribution in [2.45, 2.75) is 6.04 Å². The first-order valence-electron chi connectivity index (χ1n) is 8.74. The summed E-state index contributed by atoms with van der Waals surface area (Å²) in [6.07, 6.45) is 1.70. The van der Waals surface area contributed by atoms with Crippen molar-refractivity contribution in [3.63, 3.8) is 0 Å². The Bertz CT molecular complexity index is 923. The highest BCUT2D eigenvalue weighted by molar-refractivity contribution is 6.30. The number of fused-ring (bicyclic) bond motifs is 1. The Morgan fingerprint density at radius 2 is 2.00 bits per heavy atom. The molecule has 0 unspecified atom stereocenters. The number of pyridine rings is 1. The van der Waals surface area contributed by atoms with Gasteiger partial charge in [-0.05, 0) is 40.3 Å². The van der Waals surface area contributed by atoms with E-state index in [9.17, 15) is 4.79 Å². The van der Waals surface area contributed by atoms with Crippen LogP contribution in [0.15, 0.2) is 42.6 Å². The number of ether oxygens (including phenoxy) is 1. The molecule has 3 aromatic rings. The van der Waals surface area contributed by atoms with Crippen LogP contribution in [0.5, 0.6) is 0 Å². The van der Waals surface area contributed by atoms with Crippen LogP contribution in [0, 0.1) is 0 Å². The number of hydrogen-bond acceptors (Lipinski definition) is 6. The number of morpholine rings is 1. The molecule has 1 saturated heterocycles. The van der Waals surface area contributed by atoms with Crippen LogP contribution in [0.4, 0.5) is 0 Å². The van der Waals surface area contributed by atoms with Gasteiger partial charge in [0.05, 0.1) is 24.8 Å². The fourth-order valence-corrected chi connectivity index (χ4v) is 3.39. The minimum atomic E-state index is -0.206. The lowest BCUT2D eigenvalue weighted by molar-refractivity contribution is 0.0162. The van der Waals surface area contributed by atoms with Crippen LogP contribution in [-0.2, 0) is 4.74 Å². The van der Waals surface area contributed by atoms with E-state index in [1.165, 1.54) is 4.52 Å². The van der Waals surface area contributed by atoms with Crippen molar-refractivity contribution in [3.8, 4) is 0 Å². The molecule has 1 atom stereocenters. The van der Waals surface area contributed by atoms with Crippen molar-refractivity contribution in [2.24, 2.45) is 0 Å². The van der Waals surface area contributed by atoms with E-state index in [4.69, 9.17) is 16.3 Å². The summed E-state index contributed by atoms with van der Waals surface area (Å²) in [7, 11) is 0. The van der Waals surface area contributed by atoms with Crippen molar-refractivity contribution in [1.29, 1.82) is 0 Å². The van der Waals surface area contributed by atoms with Gasteiger partial charge in [-0.3, -0.25) is 9.69 Å². The highest BCUT2D eigenvalue weighted by Crippen LogP contribution is 2.23. The summed E-state index contributed by atoms with van der Waals surface area (Å²) in [5.41, 5.74) is 1.98. The number of aromatic nitrogens is 4. The third kappa shape index (κ3) is 3.92. The Kier molecular flexibility index (Phi) is 5.28. The van der Waals surface area contributed by atoms with E-state index in [1.807, 2.05) is 24.3 Å². The summed E-state index contributed by atoms with van der Waals surface area (Å²) < 4.78 is 6.94. The lowest BCUT2D eigenvalue weighted by Crippen LogP contribution is -2.43. The van der Waals surface area contributed by atoms with Gasteiger partial charge in [-0.1, -0.05) is 23.7 Å². The number of rotatable bonds is 5. The van der Waals surface area contributed by atoms with Gasteiger partial charge in [0.1, 0.15) is 0 Å². The van der Waals surface area contributed by atoms with E-state index < -0.39 is 0 Å². The summed E-state index contributed by atoms with van der Waals surface area (Å²) in [5.74, 6) is -0.206. The van der Waals surface area contributed by atoms with Crippen LogP contribution in [0.25, 0.3) is 5.65 Å². The number of carbonyl (C=O) groups is 1. The molecule has 0 spiro atoms. The van der Waals surface area contributed by atoms with Crippen LogP contribution in [0.3, 0.4) is 0 Å². The van der Waals surface area contributed by atoms with Crippen LogP contribution >= 0.6 is 11.6 Å². The van der Waals surface area contributed by atoms with Gasteiger partial charge in [-0.15, -0.1) is 5.10 Å². The topological polar surface area (TPSA) is 84.7 Å². The molecule has 0 radical (unpaired) electrons. The predicted molar refractivity (Wildman–Crippen MR) is 99.7 cm³/mol. The molecule has 27 heavy (non-hydrogen) atoms. The van der Waals surface area contributed by atoms with E-state index in [1.54, 1.807) is 18.3 Å². The zero-order chi connectivity index (χ0) is 18.6. The number of tetrazole rings is 1. The number of nitrogens with one attached hydrogen (secondary N) is 1. The maximum atomic E-state index is 12.7. The highest BCUT2D eigenvalue weighted by atomic mass is 35.5. The second-order valence-electron chi connectivity index (χ2n) is 6.29. The Balaban J connectivity index is 1.53. The molecule has 4 rings (SSSR count). The monoisotopic (exact) mass is 386 g/mol. The standard InChI is InChI=1S/C18H19ClN6O2/c19-14-5-3-13(4-6-14)16(24-8-10-27-11-9-24)12-20-18(26)15-2-1-7-25-17(15)21-22-23-25/h1-7,16H,8-12H2,(H,20,26)/t16-/m0/s1. The molecular formula is C18H19ClN6O2. The number of benzene rings is 1. The third-order valence-electron chi connectivity index (χ3n) is 4.67. The van der Waals surface area contributed by atoms with Gasteiger partial charge in [-0.2, -0.15) is 4.52 Å². The molecule has 1 amide bonds. The lowest BCUT2D eigenvalue weighted by atomic mass is 10.0. The van der Waals surface area contributed by atoms with Gasteiger partial charge in [0.15, 0.2) is 5.65 Å². The Labute approximate surface area is 161 Å². The van der Waals surface area contributed by atoms with Gasteiger partial charge >= 0.3 is 0 Å². The first-order chi connectivity index (χ1) is 13.2. The van der Waals surface area contributed by atoms with Crippen molar-refractivity contribution >= 4 is 23.2 Å². The van der Waals surface area contributed by atoms with E-state index in [2.05, 4.69) is 25.7 Å². The fourth-order valence-electron chi connectivity index (χ4n) is 3.26. The Morgan fingerprint density at radius 3 is 2.78 bits per heavy atom. The van der Waals surface area contributed by atoms with Crippen molar-refractivity contribution in [1.82, 2.24) is 30.3 Å². The van der Waals surface area contributed by atoms with E-state index in [-0.39, 0.29) is 11.9 Å². The largest absolute Gasteiger partial charge is 0.379 e. The molecule has 1 aliphatic heterocycles. The van der Waals surface area contributed by atoms with Crippen LogP contribution in [0.1, 0.15) is 22.0 Å². The van der Waals surface area contributed by atoms with E-state index >= 15 is 0 Å². The van der Waals surface area contributed by atoms with Crippen LogP contribution < -0.4 is 5.32 Å². The molecule has 2 aromatic heterocycles. The second kappa shape index (κ2) is 7.99. The maximum Gasteiger partial charge on any atom is 0.255 e. The molecule has 1 N–H and O–H groups in total. The van der Waals surface area contributed by atoms with Crippen molar-refractivity contribution < 1.29 is 9.53 Å². The molecule has 9 heteroatoms. The smallest absolute Gasteiger partial charge is 0.255 e. The summed E-state index contributed by atoms with van der Waals surface area (Å²) in [6.45, 7) is 3.45. The Morgan fingerprint density at radius 1 is 1.22 bits per heavy atom. The summed E-state index contributed by atoms with van der Waals surface area (Å²) in [6, 6.07) is 11.2. The first kappa shape index (κ1) is 17.8. The average Bonchev–Trinajstić information content (AvgIpc) is 3.19. The van der Waals surface area contributed by atoms with Crippen LogP contribution in [-0.4, -0.2) is 63.7 Å². The fraction of sp³-hybridized carbons (Fsp3) is 0.333. The Hall–Kier alpha value is -2.55. The summed E-state index contributed by atoms with van der Waals surface area (Å²) in [4.78, 5) is 15.1. The van der Waals surface area contributed by atoms with Crippen molar-refractivity contribution in [3.05, 3.63) is 58.7 Å². The maximum absolute atomic E-state index is 12.7. The molecule has 0 saturated carbocycles. The number of carbonyl (C=O) groups excluding carboxylic acids is 1. The predicted octanol–water partition coefficient (Wildman–Crippen LogP) is 1.58. The molecule has 1 fully saturated rings. The average molecular weight is 387 g/mol. The van der Waals surface area contributed by atoms with Gasteiger partial charge in [0.2, 0.25) is 0 Å². The number of hydrogen-bond donors (Lipinski definition) is 1. The van der Waals surface area contributed by atoms with Gasteiger partial charge < -0.3 is 10.1 Å². The third-order valence-corrected chi connectivity index (χ3v) is 4.92. The number of nitrogens with zero attached hydrogens (tertiary/aromatic N) is 5. The summed E-state index contributed by atoms with van der Waals surface area (Å²) >= 11 is 6.03. The quantitative estimate of drug-likeness (QED) is 0.716. The van der Waals surface area contributed by atoms with Gasteiger partial charge in [0.25, 0.3) is 5.91 Å². The molecular weight excluding hydrogens is 368 g/mol. The molecule has 1 aliphatic rings. The van der Waals surface area contributed by atoms with Gasteiger partial charge in [0, 0.05) is 30.9 Å². The zero-order valence-corrected chi connectivity index (χ0v) is 15.3. The van der Waals surface area contributed by atoms with E-state index in [0.29, 0.717) is 36.0 Å². The molecule has 140 valence electrons. The first-order valence-corrected chi connectivity index (χ1v) is 9.12. The second-order valence-corrected chi connectivity index (χ2v) is 6.73. The highest BCUT2D eigenvalue weighted by Gasteiger charge is 2.24. The minimum absolute atomic E-state index is 0.0332. The normalized spacial score (nSPS) is 16.3. The molecule has 0 aliphatic carbocycles. The van der Waals surface area contributed by atoms with Crippen molar-refractivity contribution in [2.75, 3.05) is 32.8 Å². The summed E-state index contributed by atoms with van der Waals surface area (Å²) in [5, 5.41) is 15.1. The minimum Gasteiger partial charge on any atom is -0.379 e. The number of halogens is 1. The van der Waals surface area contributed by atoms with Gasteiger partial charge in [-0.25, -0.2) is 0 Å². The molecule has 8 nitrogen and oxygen atoms in total. The molecule has 1 aromatic carbocycles. The molecule has 0 bridgehead atoms. The SMILES string of the molecule is O=C(NC[C@@H](c1ccc(Cl)cc1)N1CCOCC1)c1cccn2nnnc12.